The third-order valence-corrected chi connectivity index (χ3v) is 6.46. The van der Waals surface area contributed by atoms with E-state index in [2.05, 4.69) is 20.2 Å². The van der Waals surface area contributed by atoms with Crippen LogP contribution in [0.5, 0.6) is 0 Å². The summed E-state index contributed by atoms with van der Waals surface area (Å²) in [4.78, 5) is 10.9. The van der Waals surface area contributed by atoms with Crippen LogP contribution in [-0.2, 0) is 12.8 Å². The largest absolute Gasteiger partial charge is 0.393 e. The number of pyridine rings is 1. The van der Waals surface area contributed by atoms with Crippen LogP contribution in [0.25, 0.3) is 16.7 Å². The van der Waals surface area contributed by atoms with Crippen LogP contribution in [0.15, 0.2) is 36.9 Å². The van der Waals surface area contributed by atoms with Gasteiger partial charge in [-0.25, -0.2) is 4.39 Å². The van der Waals surface area contributed by atoms with Gasteiger partial charge in [-0.3, -0.25) is 9.38 Å². The Morgan fingerprint density at radius 2 is 1.94 bits per heavy atom. The van der Waals surface area contributed by atoms with Crippen LogP contribution in [0.2, 0.25) is 0 Å². The Hall–Kier alpha value is -3.30. The molecule has 0 saturated carbocycles. The fraction of sp³-hybridized carbons (Fsp3) is 0.391. The molecule has 0 radical (unpaired) electrons. The number of rotatable bonds is 4. The molecule has 4 heterocycles. The monoisotopic (exact) mass is 458 g/mol. The summed E-state index contributed by atoms with van der Waals surface area (Å²) in [7, 11) is 0. The molecule has 0 N–H and O–H groups in total. The second kappa shape index (κ2) is 7.64. The van der Waals surface area contributed by atoms with E-state index in [9.17, 15) is 17.6 Å². The Labute approximate surface area is 187 Å². The van der Waals surface area contributed by atoms with E-state index in [1.165, 1.54) is 32.3 Å². The number of alkyl halides is 3. The molecule has 1 aliphatic heterocycles. The van der Waals surface area contributed by atoms with Gasteiger partial charge in [0.1, 0.15) is 18.0 Å². The predicted molar refractivity (Wildman–Crippen MR) is 116 cm³/mol. The van der Waals surface area contributed by atoms with Gasteiger partial charge in [-0.1, -0.05) is 13.8 Å². The molecule has 0 unspecified atom stereocenters. The summed E-state index contributed by atoms with van der Waals surface area (Å²) < 4.78 is 56.0. The topological polar surface area (TPSA) is 59.2 Å². The normalized spacial score (nSPS) is 14.8. The second-order valence-electron chi connectivity index (χ2n) is 9.03. The van der Waals surface area contributed by atoms with Crippen molar-refractivity contribution in [2.45, 2.75) is 45.7 Å². The fourth-order valence-corrected chi connectivity index (χ4v) is 4.33. The van der Waals surface area contributed by atoms with E-state index in [0.29, 0.717) is 29.0 Å². The number of fused-ring (bicyclic) bond motifs is 4. The van der Waals surface area contributed by atoms with E-state index in [1.807, 2.05) is 4.90 Å². The molecule has 0 amide bonds. The fourth-order valence-electron chi connectivity index (χ4n) is 4.33. The number of aromatic nitrogens is 5. The molecule has 33 heavy (non-hydrogen) atoms. The van der Waals surface area contributed by atoms with Crippen LogP contribution in [0.3, 0.4) is 0 Å². The molecule has 0 saturated heterocycles. The smallest absolute Gasteiger partial charge is 0.324 e. The molecular formula is C23H22F4N6. The quantitative estimate of drug-likeness (QED) is 0.383. The Balaban J connectivity index is 1.59. The zero-order valence-electron chi connectivity index (χ0n) is 18.2. The first kappa shape index (κ1) is 21.5. The summed E-state index contributed by atoms with van der Waals surface area (Å²) in [5.41, 5.74) is 1.46. The predicted octanol–water partition coefficient (Wildman–Crippen LogP) is 5.42. The molecule has 3 aromatic heterocycles. The highest BCUT2D eigenvalue weighted by Crippen LogP contribution is 2.42. The minimum atomic E-state index is -4.28. The molecule has 0 bridgehead atoms. The van der Waals surface area contributed by atoms with E-state index in [-0.39, 0.29) is 12.8 Å². The first-order valence-electron chi connectivity index (χ1n) is 10.7. The molecule has 10 heteroatoms. The van der Waals surface area contributed by atoms with Crippen LogP contribution in [0, 0.1) is 11.2 Å². The number of hydrogen-bond donors (Lipinski definition) is 0. The summed E-state index contributed by atoms with van der Waals surface area (Å²) in [5, 5.41) is 8.57. The third kappa shape index (κ3) is 3.67. The zero-order chi connectivity index (χ0) is 23.4. The van der Waals surface area contributed by atoms with Crippen LogP contribution < -0.4 is 4.90 Å². The zero-order valence-corrected chi connectivity index (χ0v) is 18.2. The van der Waals surface area contributed by atoms with Gasteiger partial charge in [-0.2, -0.15) is 18.2 Å². The summed E-state index contributed by atoms with van der Waals surface area (Å²) >= 11 is 0. The minimum absolute atomic E-state index is 0.0350. The van der Waals surface area contributed by atoms with Crippen LogP contribution >= 0.6 is 0 Å². The minimum Gasteiger partial charge on any atom is -0.324 e. The van der Waals surface area contributed by atoms with Crippen molar-refractivity contribution < 1.29 is 17.6 Å². The maximum absolute atomic E-state index is 14.2. The lowest BCUT2D eigenvalue weighted by molar-refractivity contribution is -0.213. The van der Waals surface area contributed by atoms with Gasteiger partial charge in [0.25, 0.3) is 5.78 Å². The highest BCUT2D eigenvalue weighted by atomic mass is 19.4. The molecule has 0 spiro atoms. The summed E-state index contributed by atoms with van der Waals surface area (Å²) in [6.07, 6.45) is 2.35. The van der Waals surface area contributed by atoms with Crippen LogP contribution in [0.4, 0.5) is 29.1 Å². The standard InChI is InChI=1S/C23H22F4N6/c1-22(2,23(25,26)27)8-7-14-11-28-12-19-16(14)4-3-9-32(19)20-17-10-15(24)5-6-18(17)33-13-29-31-21(33)30-20/h5-6,10-13H,3-4,7-9H2,1-2H3. The van der Waals surface area contributed by atoms with E-state index < -0.39 is 17.4 Å². The summed E-state index contributed by atoms with van der Waals surface area (Å²) in [6, 6.07) is 4.46. The van der Waals surface area contributed by atoms with Crippen molar-refractivity contribution in [3.63, 3.8) is 0 Å². The number of benzene rings is 1. The van der Waals surface area contributed by atoms with E-state index in [4.69, 9.17) is 0 Å². The molecule has 0 aliphatic carbocycles. The highest BCUT2D eigenvalue weighted by molar-refractivity contribution is 5.94. The first-order chi connectivity index (χ1) is 15.7. The maximum atomic E-state index is 14.2. The molecule has 1 aliphatic rings. The van der Waals surface area contributed by atoms with Gasteiger partial charge in [0, 0.05) is 18.1 Å². The summed E-state index contributed by atoms with van der Waals surface area (Å²) in [6.45, 7) is 3.07. The average molecular weight is 458 g/mol. The van der Waals surface area contributed by atoms with Crippen LogP contribution in [0.1, 0.15) is 37.8 Å². The van der Waals surface area contributed by atoms with E-state index >= 15 is 0 Å². The lowest BCUT2D eigenvalue weighted by atomic mass is 9.84. The number of hydrogen-bond acceptors (Lipinski definition) is 5. The lowest BCUT2D eigenvalue weighted by Gasteiger charge is -2.33. The molecule has 0 fully saturated rings. The van der Waals surface area contributed by atoms with Crippen molar-refractivity contribution in [3.05, 3.63) is 53.9 Å². The van der Waals surface area contributed by atoms with Gasteiger partial charge >= 0.3 is 6.18 Å². The Morgan fingerprint density at radius 1 is 1.12 bits per heavy atom. The van der Waals surface area contributed by atoms with Gasteiger partial charge < -0.3 is 4.90 Å². The van der Waals surface area contributed by atoms with Crippen molar-refractivity contribution >= 4 is 28.2 Å². The first-order valence-corrected chi connectivity index (χ1v) is 10.7. The molecule has 4 aromatic rings. The van der Waals surface area contributed by atoms with Gasteiger partial charge in [-0.05, 0) is 55.0 Å². The van der Waals surface area contributed by atoms with Gasteiger partial charge in [0.2, 0.25) is 0 Å². The molecule has 0 atom stereocenters. The molecule has 5 rings (SSSR count). The van der Waals surface area contributed by atoms with Gasteiger partial charge in [0.05, 0.1) is 22.8 Å². The molecule has 172 valence electrons. The number of anilines is 2. The average Bonchev–Trinajstić information content (AvgIpc) is 3.24. The van der Waals surface area contributed by atoms with Crippen molar-refractivity contribution in [2.24, 2.45) is 5.41 Å². The van der Waals surface area contributed by atoms with Crippen LogP contribution in [-0.4, -0.2) is 37.3 Å². The molecular weight excluding hydrogens is 436 g/mol. The van der Waals surface area contributed by atoms with Crippen molar-refractivity contribution in [3.8, 4) is 0 Å². The van der Waals surface area contributed by atoms with E-state index in [0.717, 1.165) is 29.7 Å². The third-order valence-electron chi connectivity index (χ3n) is 6.46. The van der Waals surface area contributed by atoms with Gasteiger partial charge in [-0.15, -0.1) is 10.2 Å². The Bertz CT molecular complexity index is 1340. The maximum Gasteiger partial charge on any atom is 0.393 e. The number of nitrogens with zero attached hydrogens (tertiary/aromatic N) is 6. The SMILES string of the molecule is CC(C)(CCc1cncc2c1CCCN2c1nc2nncn2c2ccc(F)cc12)C(F)(F)F. The van der Waals surface area contributed by atoms with Crippen molar-refractivity contribution in [1.82, 2.24) is 24.6 Å². The van der Waals surface area contributed by atoms with Gasteiger partial charge in [0.15, 0.2) is 0 Å². The lowest BCUT2D eigenvalue weighted by Crippen LogP contribution is -2.32. The molecule has 6 nitrogen and oxygen atoms in total. The Morgan fingerprint density at radius 3 is 2.73 bits per heavy atom. The van der Waals surface area contributed by atoms with E-state index in [1.54, 1.807) is 22.9 Å². The Kier molecular flexibility index (Phi) is 4.98. The number of halogens is 4. The second-order valence-corrected chi connectivity index (χ2v) is 9.03. The summed E-state index contributed by atoms with van der Waals surface area (Å²) in [5.74, 6) is 0.518. The van der Waals surface area contributed by atoms with Crippen molar-refractivity contribution in [1.29, 1.82) is 0 Å². The van der Waals surface area contributed by atoms with Crippen molar-refractivity contribution in [2.75, 3.05) is 11.4 Å². The highest BCUT2D eigenvalue weighted by Gasteiger charge is 2.46. The molecule has 1 aromatic carbocycles. The number of aryl methyl sites for hydroxylation is 1.